The molecule has 2 aromatic heterocycles. The van der Waals surface area contributed by atoms with Crippen molar-refractivity contribution >= 4 is 130 Å². The number of alkyl halides is 4. The van der Waals surface area contributed by atoms with E-state index in [1.165, 1.54) is 11.3 Å². The van der Waals surface area contributed by atoms with Gasteiger partial charge < -0.3 is 15.1 Å². The molecule has 1 unspecified atom stereocenters. The molecule has 0 saturated heterocycles. The first-order valence-corrected chi connectivity index (χ1v) is 20.2. The van der Waals surface area contributed by atoms with Crippen LogP contribution >= 0.6 is 79.0 Å². The van der Waals surface area contributed by atoms with Crippen LogP contribution in [-0.2, 0) is 29.0 Å². The third kappa shape index (κ3) is 11.7. The Morgan fingerprint density at radius 2 is 1.39 bits per heavy atom. The molecular formula is C31H28Br3Cl3CuN4O4. The number of hydrogen-bond donors (Lipinski definition) is 3. The molecule has 0 aliphatic heterocycles. The molecule has 0 amide bonds. The van der Waals surface area contributed by atoms with Crippen molar-refractivity contribution < 1.29 is 30.8 Å². The zero-order chi connectivity index (χ0) is 34.6. The van der Waals surface area contributed by atoms with Crippen LogP contribution in [0.4, 0.5) is 11.4 Å². The van der Waals surface area contributed by atoms with E-state index in [1.807, 2.05) is 31.2 Å². The number of aryl methyl sites for hydroxylation is 2. The summed E-state index contributed by atoms with van der Waals surface area (Å²) in [5.74, 6) is -0.520. The van der Waals surface area contributed by atoms with Crippen LogP contribution in [0, 0.1) is 13.1 Å². The van der Waals surface area contributed by atoms with Gasteiger partial charge in [0.1, 0.15) is 0 Å². The number of carbonyl (C=O) groups is 3. The van der Waals surface area contributed by atoms with E-state index >= 15 is 0 Å². The summed E-state index contributed by atoms with van der Waals surface area (Å²) >= 11 is 26.5. The van der Waals surface area contributed by atoms with Gasteiger partial charge in [0.05, 0.1) is 29.4 Å². The first-order valence-electron chi connectivity index (χ1n) is 13.5. The van der Waals surface area contributed by atoms with Crippen molar-refractivity contribution in [1.29, 1.82) is 0 Å². The number of aromatic nitrogens is 2. The van der Waals surface area contributed by atoms with Crippen LogP contribution in [0.25, 0.3) is 31.5 Å². The number of carboxylic acid groups (broad SMARTS) is 1. The Bertz CT molecular complexity index is 1790. The quantitative estimate of drug-likeness (QED) is 0.0926. The average Bonchev–Trinajstić information content (AvgIpc) is 3.58. The van der Waals surface area contributed by atoms with Gasteiger partial charge in [0.15, 0.2) is 26.7 Å². The van der Waals surface area contributed by atoms with Crippen LogP contribution in [0.2, 0.25) is 0 Å². The predicted molar refractivity (Wildman–Crippen MR) is 194 cm³/mol. The second-order valence-electron chi connectivity index (χ2n) is 9.82. The number of aromatic amines is 2. The fraction of sp³-hybridized carbons (Fsp3) is 0.323. The molecule has 0 radical (unpaired) electrons. The number of nitrogens with zero attached hydrogens (tertiary/aromatic N) is 2. The Morgan fingerprint density at radius 3 is 1.83 bits per heavy atom. The number of halogens is 6. The van der Waals surface area contributed by atoms with E-state index in [9.17, 15) is 9.59 Å². The zero-order valence-electron chi connectivity index (χ0n) is 24.4. The Kier molecular flexibility index (Phi) is 16.8. The number of fused-ring (bicyclic) bond motifs is 6. The molecule has 3 N–H and O–H groups in total. The Labute approximate surface area is 310 Å². The van der Waals surface area contributed by atoms with Crippen molar-refractivity contribution in [3.8, 4) is 0 Å². The number of carbonyl (C=O) groups excluding carboxylic acids is 2. The van der Waals surface area contributed by atoms with E-state index in [4.69, 9.17) is 57.8 Å². The standard InChI is InChI=1S/C13H9BrN2O.C13H10N2O.C3H5Cl3.C2H4O2.2BrH.Cu/c1-15-7-2-5-11-9(6-7)8-3-4-10(14)13(17)12(8)16-11;1-14-8-5-6-11-10(7-8)9-3-2-4-12(16)13(9)15-11;1-2-3(4,5)6;1-2(3)4;;;/h2,5-6,10,16H,3-4H2;5-7,15H,2-4H2;2H2,1H3;1H3,(H,3,4);2*1H;/q;;;;;;+2/p-2. The number of aliphatic carboxylic acids is 1. The maximum atomic E-state index is 12.0. The van der Waals surface area contributed by atoms with Gasteiger partial charge in [-0.1, -0.05) is 69.8 Å². The van der Waals surface area contributed by atoms with Gasteiger partial charge in [-0.15, -0.1) is 0 Å². The maximum absolute atomic E-state index is 12.0. The first kappa shape index (κ1) is 40.3. The number of nitrogens with one attached hydrogen (secondary N) is 2. The summed E-state index contributed by atoms with van der Waals surface area (Å²) in [5.41, 5.74) is 6.77. The Balaban J connectivity index is 0.000000235. The smallest absolute Gasteiger partial charge is 0.192 e. The van der Waals surface area contributed by atoms with Crippen LogP contribution in [0.1, 0.15) is 71.6 Å². The molecule has 6 rings (SSSR count). The van der Waals surface area contributed by atoms with Gasteiger partial charge in [0.25, 0.3) is 5.97 Å². The summed E-state index contributed by atoms with van der Waals surface area (Å²) in [5, 5.41) is 9.47. The van der Waals surface area contributed by atoms with E-state index in [0.29, 0.717) is 29.9 Å². The Morgan fingerprint density at radius 1 is 0.957 bits per heavy atom. The third-order valence-corrected chi connectivity index (χ3v) is 8.40. The Hall–Kier alpha value is -1.86. The van der Waals surface area contributed by atoms with Gasteiger partial charge in [-0.3, -0.25) is 14.4 Å². The van der Waals surface area contributed by atoms with Crippen molar-refractivity contribution in [3.05, 3.63) is 81.7 Å². The fourth-order valence-electron chi connectivity index (χ4n) is 4.69. The van der Waals surface area contributed by atoms with Gasteiger partial charge in [-0.25, -0.2) is 9.69 Å². The monoisotopic (exact) mass is 925 g/mol. The van der Waals surface area contributed by atoms with Crippen LogP contribution < -0.4 is 0 Å². The molecular weight excluding hydrogens is 902 g/mol. The summed E-state index contributed by atoms with van der Waals surface area (Å²) < 4.78 is -1.04. The second kappa shape index (κ2) is 19.2. The third-order valence-electron chi connectivity index (χ3n) is 6.73. The van der Waals surface area contributed by atoms with Crippen molar-refractivity contribution in [2.75, 3.05) is 0 Å². The van der Waals surface area contributed by atoms with Crippen molar-refractivity contribution in [2.45, 2.75) is 61.0 Å². The molecule has 0 fully saturated rings. The predicted octanol–water partition coefficient (Wildman–Crippen LogP) is 11.4. The SMILES string of the molecule is CC(=O)O.CCC(Cl)(Cl)Cl.[Br][Cu][Br].[C-]#[N+]c1ccc2[nH]c3c(c2c1)CCC(Br)C3=O.[C-]#[N+]c1ccc2[nH]c3c(c2c1)CCCC3=O. The molecule has 2 aromatic carbocycles. The molecule has 0 spiro atoms. The van der Waals surface area contributed by atoms with E-state index in [0.717, 1.165) is 71.2 Å². The summed E-state index contributed by atoms with van der Waals surface area (Å²) in [4.78, 5) is 45.8. The van der Waals surface area contributed by atoms with Crippen LogP contribution in [0.15, 0.2) is 36.4 Å². The minimum absolute atomic E-state index is 0.0802. The molecule has 249 valence electrons. The summed E-state index contributed by atoms with van der Waals surface area (Å²) in [6.07, 6.45) is 4.75. The number of benzene rings is 2. The molecule has 2 aliphatic carbocycles. The summed E-state index contributed by atoms with van der Waals surface area (Å²) in [6, 6.07) is 11.0. The van der Waals surface area contributed by atoms with E-state index < -0.39 is 9.76 Å². The molecule has 4 aromatic rings. The normalized spacial score (nSPS) is 14.8. The van der Waals surface area contributed by atoms with E-state index in [1.54, 1.807) is 12.1 Å². The first-order chi connectivity index (χ1) is 21.7. The second-order valence-corrected chi connectivity index (χ2v) is 18.2. The zero-order valence-corrected chi connectivity index (χ0v) is 32.4. The number of carboxylic acids is 1. The van der Waals surface area contributed by atoms with Gasteiger partial charge >= 0.3 is 39.6 Å². The van der Waals surface area contributed by atoms with Gasteiger partial charge in [0.2, 0.25) is 0 Å². The average molecular weight is 930 g/mol. The fourth-order valence-corrected chi connectivity index (χ4v) is 5.15. The van der Waals surface area contributed by atoms with Gasteiger partial charge in [-0.2, -0.15) is 0 Å². The van der Waals surface area contributed by atoms with Gasteiger partial charge in [0, 0.05) is 24.4 Å². The number of rotatable bonds is 0. The molecule has 46 heavy (non-hydrogen) atoms. The van der Waals surface area contributed by atoms with Crippen LogP contribution in [0.3, 0.4) is 0 Å². The number of Topliss-reactive ketones (excluding diaryl/α,β-unsaturated/α-hetero) is 2. The molecule has 2 aliphatic rings. The molecule has 0 saturated carbocycles. The van der Waals surface area contributed by atoms with E-state index in [-0.39, 0.29) is 16.4 Å². The van der Waals surface area contributed by atoms with Crippen molar-refractivity contribution in [3.63, 3.8) is 0 Å². The number of ketones is 2. The van der Waals surface area contributed by atoms with Crippen LogP contribution in [-0.4, -0.2) is 41.2 Å². The van der Waals surface area contributed by atoms with Crippen molar-refractivity contribution in [2.24, 2.45) is 0 Å². The summed E-state index contributed by atoms with van der Waals surface area (Å²) in [6.45, 7) is 16.9. The molecule has 0 bridgehead atoms. The molecule has 15 heteroatoms. The maximum Gasteiger partial charge on any atom is 0.192 e. The van der Waals surface area contributed by atoms with Crippen LogP contribution in [0.5, 0.6) is 0 Å². The number of hydrogen-bond acceptors (Lipinski definition) is 3. The topological polar surface area (TPSA) is 112 Å². The summed E-state index contributed by atoms with van der Waals surface area (Å²) in [7, 11) is 0. The van der Waals surface area contributed by atoms with Gasteiger partial charge in [-0.05, 0) is 78.3 Å². The molecule has 2 heterocycles. The minimum atomic E-state index is -1.04. The van der Waals surface area contributed by atoms with E-state index in [2.05, 4.69) is 63.8 Å². The number of H-pyrrole nitrogens is 2. The largest absolute Gasteiger partial charge is 0.352 e. The molecule has 8 nitrogen and oxygen atoms in total. The van der Waals surface area contributed by atoms with Crippen molar-refractivity contribution in [1.82, 2.24) is 9.97 Å². The minimum Gasteiger partial charge on any atom is -0.352 e. The molecule has 1 atom stereocenters.